The van der Waals surface area contributed by atoms with E-state index in [1.807, 2.05) is 0 Å². The topological polar surface area (TPSA) is 52.6 Å². The number of esters is 2. The summed E-state index contributed by atoms with van der Waals surface area (Å²) in [6.07, 6.45) is 1.95. The van der Waals surface area contributed by atoms with Gasteiger partial charge >= 0.3 is 11.9 Å². The van der Waals surface area contributed by atoms with Crippen molar-refractivity contribution in [2.45, 2.75) is 22.3 Å². The smallest absolute Gasteiger partial charge is 0.333 e. The van der Waals surface area contributed by atoms with Crippen molar-refractivity contribution in [3.63, 3.8) is 0 Å². The molecule has 0 unspecified atom stereocenters. The minimum Gasteiger partial charge on any atom is -0.425 e. The van der Waals surface area contributed by atoms with Gasteiger partial charge in [0.25, 0.3) is 0 Å². The largest absolute Gasteiger partial charge is 0.425 e. The molecule has 4 heteroatoms. The fourth-order valence-corrected chi connectivity index (χ4v) is 0.263. The molecule has 0 saturated carbocycles. The maximum absolute atomic E-state index is 10.3. The van der Waals surface area contributed by atoms with Crippen LogP contribution in [0, 0.1) is 0 Å². The molecule has 0 radical (unpaired) electrons. The lowest BCUT2D eigenvalue weighted by molar-refractivity contribution is -0.160. The zero-order chi connectivity index (χ0) is 8.69. The molecule has 0 aromatic rings. The number of hydrogen-bond acceptors (Lipinski definition) is 4. The van der Waals surface area contributed by atoms with Crippen molar-refractivity contribution in [1.82, 2.24) is 0 Å². The van der Waals surface area contributed by atoms with Crippen LogP contribution in [0.5, 0.6) is 0 Å². The number of ether oxygens (including phenoxy) is 2. The lowest BCUT2D eigenvalue weighted by Gasteiger charge is -2.00. The first-order valence-corrected chi connectivity index (χ1v) is 2.79. The highest BCUT2D eigenvalue weighted by Gasteiger charge is 1.97. The predicted octanol–water partition coefficient (Wildman–Crippen LogP) is 2.31. The Morgan fingerprint density at radius 1 is 0.929 bits per heavy atom. The Bertz CT molecular complexity index is 165. The van der Waals surface area contributed by atoms with Crippen LogP contribution in [0.1, 0.15) is 22.3 Å². The summed E-state index contributed by atoms with van der Waals surface area (Å²) in [6, 6.07) is 0. The lowest BCUT2D eigenvalue weighted by atomic mass is 10.7. The molecule has 84 valence electrons. The van der Waals surface area contributed by atoms with Crippen molar-refractivity contribution in [3.8, 4) is 0 Å². The van der Waals surface area contributed by atoms with E-state index in [0.717, 1.165) is 12.2 Å². The molecule has 0 aliphatic carbocycles. The molecule has 0 aromatic carbocycles. The van der Waals surface area contributed by atoms with Crippen LogP contribution in [-0.2, 0) is 19.1 Å². The molecule has 14 heavy (non-hydrogen) atoms. The van der Waals surface area contributed by atoms with Crippen LogP contribution < -0.4 is 0 Å². The van der Waals surface area contributed by atoms with Gasteiger partial charge in [0.05, 0.1) is 0 Å². The van der Waals surface area contributed by atoms with Crippen molar-refractivity contribution < 1.29 is 19.1 Å². The van der Waals surface area contributed by atoms with Crippen molar-refractivity contribution >= 4 is 11.9 Å². The SMILES string of the molecule is C.C.C.C=CC(=O)OCOC(=O)C=C. The second-order valence-corrected chi connectivity index (χ2v) is 1.45. The predicted molar refractivity (Wildman–Crippen MR) is 57.6 cm³/mol. The highest BCUT2D eigenvalue weighted by molar-refractivity contribution is 5.82. The highest BCUT2D eigenvalue weighted by Crippen LogP contribution is 1.83. The molecule has 0 heterocycles. The van der Waals surface area contributed by atoms with Gasteiger partial charge in [-0.3, -0.25) is 0 Å². The van der Waals surface area contributed by atoms with Crippen LogP contribution >= 0.6 is 0 Å². The van der Waals surface area contributed by atoms with Gasteiger partial charge in [0.15, 0.2) is 0 Å². The van der Waals surface area contributed by atoms with Gasteiger partial charge in [-0.05, 0) is 0 Å². The van der Waals surface area contributed by atoms with E-state index in [1.54, 1.807) is 0 Å². The Morgan fingerprint density at radius 2 is 1.21 bits per heavy atom. The highest BCUT2D eigenvalue weighted by atomic mass is 16.7. The molecule has 0 atom stereocenters. The minimum absolute atomic E-state index is 0. The van der Waals surface area contributed by atoms with Crippen LogP contribution in [0.4, 0.5) is 0 Å². The Kier molecular flexibility index (Phi) is 22.8. The van der Waals surface area contributed by atoms with Gasteiger partial charge in [0.2, 0.25) is 6.79 Å². The van der Waals surface area contributed by atoms with E-state index in [2.05, 4.69) is 22.6 Å². The van der Waals surface area contributed by atoms with Gasteiger partial charge in [-0.15, -0.1) is 0 Å². The van der Waals surface area contributed by atoms with Crippen molar-refractivity contribution in [1.29, 1.82) is 0 Å². The zero-order valence-corrected chi connectivity index (χ0v) is 5.91. The Balaban J connectivity index is -0.000000167. The fourth-order valence-electron chi connectivity index (χ4n) is 0.263. The summed E-state index contributed by atoms with van der Waals surface area (Å²) in [5.41, 5.74) is 0. The third-order valence-corrected chi connectivity index (χ3v) is 0.736. The number of rotatable bonds is 4. The second-order valence-electron chi connectivity index (χ2n) is 1.45. The van der Waals surface area contributed by atoms with E-state index < -0.39 is 18.7 Å². The molecule has 0 rings (SSSR count). The Labute approximate surface area is 86.2 Å². The maximum atomic E-state index is 10.3. The van der Waals surface area contributed by atoms with Crippen molar-refractivity contribution in [2.75, 3.05) is 6.79 Å². The standard InChI is InChI=1S/C7H8O4.3CH4/c1-3-6(8)10-5-11-7(9)4-2;;;/h3-4H,1-2,5H2;3*1H4. The molecule has 0 bridgehead atoms. The molecular weight excluding hydrogens is 184 g/mol. The lowest BCUT2D eigenvalue weighted by Crippen LogP contribution is -2.08. The van der Waals surface area contributed by atoms with Crippen molar-refractivity contribution in [2.24, 2.45) is 0 Å². The second kappa shape index (κ2) is 14.0. The van der Waals surface area contributed by atoms with E-state index in [9.17, 15) is 9.59 Å². The van der Waals surface area contributed by atoms with Crippen LogP contribution in [-0.4, -0.2) is 18.7 Å². The number of hydrogen-bond donors (Lipinski definition) is 0. The van der Waals surface area contributed by atoms with E-state index >= 15 is 0 Å². The van der Waals surface area contributed by atoms with Crippen LogP contribution in [0.3, 0.4) is 0 Å². The van der Waals surface area contributed by atoms with Gasteiger partial charge in [0, 0.05) is 12.2 Å². The van der Waals surface area contributed by atoms with Crippen LogP contribution in [0.25, 0.3) is 0 Å². The summed E-state index contributed by atoms with van der Waals surface area (Å²) >= 11 is 0. The van der Waals surface area contributed by atoms with Crippen LogP contribution in [0.2, 0.25) is 0 Å². The van der Waals surface area contributed by atoms with E-state index in [4.69, 9.17) is 0 Å². The van der Waals surface area contributed by atoms with E-state index in [1.165, 1.54) is 0 Å². The molecule has 0 spiro atoms. The third kappa shape index (κ3) is 13.0. The summed E-state index contributed by atoms with van der Waals surface area (Å²) in [7, 11) is 0. The van der Waals surface area contributed by atoms with Gasteiger partial charge in [-0.1, -0.05) is 35.4 Å². The molecule has 0 aromatic heterocycles. The first-order valence-electron chi connectivity index (χ1n) is 2.79. The fraction of sp³-hybridized carbons (Fsp3) is 0.400. The summed E-state index contributed by atoms with van der Waals surface area (Å²) < 4.78 is 8.63. The number of carbonyl (C=O) groups excluding carboxylic acids is 2. The summed E-state index contributed by atoms with van der Waals surface area (Å²) in [6.45, 7) is 5.88. The third-order valence-electron chi connectivity index (χ3n) is 0.736. The van der Waals surface area contributed by atoms with Gasteiger partial charge in [-0.25, -0.2) is 9.59 Å². The average molecular weight is 204 g/mol. The van der Waals surface area contributed by atoms with E-state index in [0.29, 0.717) is 0 Å². The normalized spacial score (nSPS) is 6.29. The summed E-state index contributed by atoms with van der Waals surface area (Å²) in [4.78, 5) is 20.6. The van der Waals surface area contributed by atoms with Crippen molar-refractivity contribution in [3.05, 3.63) is 25.3 Å². The molecule has 0 amide bonds. The quantitative estimate of drug-likeness (QED) is 0.400. The first kappa shape index (κ1) is 22.8. The average Bonchev–Trinajstić information content (AvgIpc) is 2.04. The van der Waals surface area contributed by atoms with Crippen LogP contribution in [0.15, 0.2) is 25.3 Å². The molecule has 0 saturated heterocycles. The molecule has 0 fully saturated rings. The van der Waals surface area contributed by atoms with Gasteiger partial charge in [0.1, 0.15) is 0 Å². The Hall–Kier alpha value is -1.58. The summed E-state index contributed by atoms with van der Waals surface area (Å²) in [5, 5.41) is 0. The molecule has 0 aliphatic heterocycles. The van der Waals surface area contributed by atoms with Gasteiger partial charge in [-0.2, -0.15) is 0 Å². The maximum Gasteiger partial charge on any atom is 0.333 e. The van der Waals surface area contributed by atoms with E-state index in [-0.39, 0.29) is 22.3 Å². The van der Waals surface area contributed by atoms with Gasteiger partial charge < -0.3 is 9.47 Å². The zero-order valence-electron chi connectivity index (χ0n) is 5.91. The monoisotopic (exact) mass is 204 g/mol. The minimum atomic E-state index is -0.637. The molecule has 0 N–H and O–H groups in total. The Morgan fingerprint density at radius 3 is 1.43 bits per heavy atom. The number of carbonyl (C=O) groups is 2. The molecule has 0 aliphatic rings. The first-order chi connectivity index (χ1) is 5.20. The summed E-state index contributed by atoms with van der Waals surface area (Å²) in [5.74, 6) is -1.27. The molecule has 4 nitrogen and oxygen atoms in total. The molecular formula is C10H20O4.